The van der Waals surface area contributed by atoms with Crippen LogP contribution in [0.2, 0.25) is 0 Å². The van der Waals surface area contributed by atoms with Crippen molar-refractivity contribution in [2.45, 2.75) is 17.4 Å². The number of benzene rings is 1. The molecule has 0 aliphatic heterocycles. The molecule has 4 heteroatoms. The smallest absolute Gasteiger partial charge is 0.107 e. The summed E-state index contributed by atoms with van der Waals surface area (Å²) in [5.74, 6) is 1.01. The number of imidazole rings is 1. The highest BCUT2D eigenvalue weighted by Crippen LogP contribution is 2.27. The fourth-order valence-electron chi connectivity index (χ4n) is 1.92. The molecule has 0 aliphatic carbocycles. The van der Waals surface area contributed by atoms with Gasteiger partial charge in [-0.05, 0) is 24.9 Å². The lowest BCUT2D eigenvalue weighted by Gasteiger charge is -2.18. The third-order valence-electron chi connectivity index (χ3n) is 2.82. The molecular formula is C13H17N3S. The van der Waals surface area contributed by atoms with Gasteiger partial charge in [0.2, 0.25) is 0 Å². The first-order valence-corrected chi connectivity index (χ1v) is 6.86. The zero-order valence-corrected chi connectivity index (χ0v) is 10.9. The molecule has 3 nitrogen and oxygen atoms in total. The summed E-state index contributed by atoms with van der Waals surface area (Å²) in [7, 11) is 1.99. The van der Waals surface area contributed by atoms with Crippen LogP contribution in [0, 0.1) is 0 Å². The Morgan fingerprint density at radius 2 is 2.24 bits per heavy atom. The summed E-state index contributed by atoms with van der Waals surface area (Å²) in [6.45, 7) is 0. The Hall–Kier alpha value is -1.26. The molecule has 0 bridgehead atoms. The van der Waals surface area contributed by atoms with E-state index in [1.54, 1.807) is 18.0 Å². The zero-order chi connectivity index (χ0) is 12.1. The second-order valence-electron chi connectivity index (χ2n) is 3.82. The summed E-state index contributed by atoms with van der Waals surface area (Å²) in [5.41, 5.74) is 1.33. The molecule has 1 unspecified atom stereocenters. The van der Waals surface area contributed by atoms with Crippen LogP contribution in [0.3, 0.4) is 0 Å². The van der Waals surface area contributed by atoms with E-state index in [2.05, 4.69) is 45.8 Å². The van der Waals surface area contributed by atoms with Crippen LogP contribution < -0.4 is 5.32 Å². The van der Waals surface area contributed by atoms with Crippen molar-refractivity contribution in [1.29, 1.82) is 0 Å². The number of nitrogens with zero attached hydrogens (tertiary/aromatic N) is 1. The van der Waals surface area contributed by atoms with Crippen molar-refractivity contribution in [2.24, 2.45) is 0 Å². The lowest BCUT2D eigenvalue weighted by molar-refractivity contribution is 0.569. The molecule has 2 N–H and O–H groups in total. The van der Waals surface area contributed by atoms with Crippen LogP contribution in [-0.2, 0) is 6.42 Å². The van der Waals surface area contributed by atoms with Gasteiger partial charge in [0.05, 0.1) is 0 Å². The second kappa shape index (κ2) is 5.89. The Morgan fingerprint density at radius 3 is 2.88 bits per heavy atom. The van der Waals surface area contributed by atoms with Gasteiger partial charge < -0.3 is 10.3 Å². The number of rotatable bonds is 5. The van der Waals surface area contributed by atoms with Gasteiger partial charge in [-0.2, -0.15) is 0 Å². The van der Waals surface area contributed by atoms with Crippen LogP contribution >= 0.6 is 11.8 Å². The summed E-state index contributed by atoms with van der Waals surface area (Å²) in [5, 5.41) is 3.36. The van der Waals surface area contributed by atoms with Crippen molar-refractivity contribution < 1.29 is 0 Å². The van der Waals surface area contributed by atoms with E-state index in [0.717, 1.165) is 12.2 Å². The van der Waals surface area contributed by atoms with Crippen molar-refractivity contribution in [3.8, 4) is 0 Å². The maximum atomic E-state index is 4.28. The van der Waals surface area contributed by atoms with Crippen LogP contribution in [0.25, 0.3) is 0 Å². The fourth-order valence-corrected chi connectivity index (χ4v) is 2.59. The first-order valence-electron chi connectivity index (χ1n) is 5.63. The molecule has 1 aromatic heterocycles. The summed E-state index contributed by atoms with van der Waals surface area (Å²) < 4.78 is 0. The zero-order valence-electron chi connectivity index (χ0n) is 10.1. The van der Waals surface area contributed by atoms with Gasteiger partial charge in [-0.3, -0.25) is 0 Å². The summed E-state index contributed by atoms with van der Waals surface area (Å²) in [6, 6.07) is 8.80. The average molecular weight is 247 g/mol. The molecule has 0 spiro atoms. The quantitative estimate of drug-likeness (QED) is 0.798. The van der Waals surface area contributed by atoms with E-state index in [9.17, 15) is 0 Å². The van der Waals surface area contributed by atoms with Crippen LogP contribution in [0.5, 0.6) is 0 Å². The van der Waals surface area contributed by atoms with E-state index in [1.807, 2.05) is 13.2 Å². The second-order valence-corrected chi connectivity index (χ2v) is 4.67. The highest BCUT2D eigenvalue weighted by molar-refractivity contribution is 7.98. The predicted molar refractivity (Wildman–Crippen MR) is 72.3 cm³/mol. The average Bonchev–Trinajstić information content (AvgIpc) is 2.89. The van der Waals surface area contributed by atoms with E-state index in [4.69, 9.17) is 0 Å². The normalized spacial score (nSPS) is 12.6. The van der Waals surface area contributed by atoms with Gasteiger partial charge in [0, 0.05) is 29.8 Å². The van der Waals surface area contributed by atoms with Crippen molar-refractivity contribution in [3.63, 3.8) is 0 Å². The van der Waals surface area contributed by atoms with Crippen molar-refractivity contribution in [3.05, 3.63) is 48.0 Å². The van der Waals surface area contributed by atoms with Gasteiger partial charge in [-0.1, -0.05) is 18.2 Å². The van der Waals surface area contributed by atoms with Gasteiger partial charge in [-0.25, -0.2) is 4.98 Å². The molecular weight excluding hydrogens is 230 g/mol. The molecule has 1 atom stereocenters. The first-order chi connectivity index (χ1) is 8.35. The predicted octanol–water partition coefficient (Wildman–Crippen LogP) is 2.63. The number of likely N-dealkylation sites (N-methyl/N-ethyl adjacent to an activating group) is 1. The van der Waals surface area contributed by atoms with Crippen molar-refractivity contribution in [1.82, 2.24) is 15.3 Å². The van der Waals surface area contributed by atoms with Gasteiger partial charge in [-0.15, -0.1) is 11.8 Å². The third kappa shape index (κ3) is 2.90. The lowest BCUT2D eigenvalue weighted by Crippen LogP contribution is -2.20. The van der Waals surface area contributed by atoms with E-state index < -0.39 is 0 Å². The molecule has 1 aromatic carbocycles. The molecule has 0 saturated carbocycles. The highest BCUT2D eigenvalue weighted by atomic mass is 32.2. The molecule has 90 valence electrons. The van der Waals surface area contributed by atoms with Crippen LogP contribution in [-0.4, -0.2) is 23.3 Å². The monoisotopic (exact) mass is 247 g/mol. The Bertz CT molecular complexity index is 453. The SMILES string of the molecule is CNC(Cc1ncc[nH]1)c1ccccc1SC. The minimum atomic E-state index is 0.296. The number of hydrogen-bond acceptors (Lipinski definition) is 3. The Morgan fingerprint density at radius 1 is 1.41 bits per heavy atom. The summed E-state index contributed by atoms with van der Waals surface area (Å²) in [4.78, 5) is 8.75. The summed E-state index contributed by atoms with van der Waals surface area (Å²) >= 11 is 1.78. The van der Waals surface area contributed by atoms with E-state index >= 15 is 0 Å². The van der Waals surface area contributed by atoms with Gasteiger partial charge in [0.1, 0.15) is 5.82 Å². The number of thioether (sulfide) groups is 1. The molecule has 1 heterocycles. The van der Waals surface area contributed by atoms with Crippen molar-refractivity contribution in [2.75, 3.05) is 13.3 Å². The molecule has 2 rings (SSSR count). The fraction of sp³-hybridized carbons (Fsp3) is 0.308. The summed E-state index contributed by atoms with van der Waals surface area (Å²) in [6.07, 6.45) is 6.64. The molecule has 0 fully saturated rings. The minimum absolute atomic E-state index is 0.296. The Labute approximate surface area is 106 Å². The van der Waals surface area contributed by atoms with Crippen LogP contribution in [0.1, 0.15) is 17.4 Å². The van der Waals surface area contributed by atoms with Crippen molar-refractivity contribution >= 4 is 11.8 Å². The molecule has 0 amide bonds. The van der Waals surface area contributed by atoms with Crippen LogP contribution in [0.15, 0.2) is 41.6 Å². The van der Waals surface area contributed by atoms with Gasteiger partial charge in [0.15, 0.2) is 0 Å². The molecule has 0 radical (unpaired) electrons. The largest absolute Gasteiger partial charge is 0.349 e. The highest BCUT2D eigenvalue weighted by Gasteiger charge is 2.14. The number of H-pyrrole nitrogens is 1. The molecule has 17 heavy (non-hydrogen) atoms. The first kappa shape index (κ1) is 12.2. The van der Waals surface area contributed by atoms with Crippen LogP contribution in [0.4, 0.5) is 0 Å². The Balaban J connectivity index is 2.22. The van der Waals surface area contributed by atoms with E-state index in [1.165, 1.54) is 10.5 Å². The van der Waals surface area contributed by atoms with Gasteiger partial charge >= 0.3 is 0 Å². The van der Waals surface area contributed by atoms with Gasteiger partial charge in [0.25, 0.3) is 0 Å². The standard InChI is InChI=1S/C13H17N3S/c1-14-11(9-13-15-7-8-16-13)10-5-3-4-6-12(10)17-2/h3-8,11,14H,9H2,1-2H3,(H,15,16). The van der Waals surface area contributed by atoms with E-state index in [0.29, 0.717) is 6.04 Å². The number of aromatic amines is 1. The number of aromatic nitrogens is 2. The molecule has 2 aromatic rings. The maximum absolute atomic E-state index is 4.28. The Kier molecular flexibility index (Phi) is 4.23. The minimum Gasteiger partial charge on any atom is -0.349 e. The third-order valence-corrected chi connectivity index (χ3v) is 3.63. The molecule has 0 saturated heterocycles. The maximum Gasteiger partial charge on any atom is 0.107 e. The van der Waals surface area contributed by atoms with E-state index in [-0.39, 0.29) is 0 Å². The molecule has 0 aliphatic rings. The lowest BCUT2D eigenvalue weighted by atomic mass is 10.0. The number of hydrogen-bond donors (Lipinski definition) is 2. The topological polar surface area (TPSA) is 40.7 Å². The number of nitrogens with one attached hydrogen (secondary N) is 2.